The zero-order valence-corrected chi connectivity index (χ0v) is 9.39. The van der Waals surface area contributed by atoms with Crippen LogP contribution in [0.2, 0.25) is 0 Å². The molecule has 5 heteroatoms. The van der Waals surface area contributed by atoms with Crippen molar-refractivity contribution in [1.29, 1.82) is 0 Å². The molecule has 86 valence electrons. The zero-order chi connectivity index (χ0) is 11.1. The van der Waals surface area contributed by atoms with Crippen LogP contribution in [0.25, 0.3) is 0 Å². The minimum Gasteiger partial charge on any atom is -0.337 e. The van der Waals surface area contributed by atoms with Crippen LogP contribution in [0.15, 0.2) is 12.4 Å². The third kappa shape index (κ3) is 1.51. The second-order valence-electron chi connectivity index (χ2n) is 4.72. The Hall–Kier alpha value is -1.36. The summed E-state index contributed by atoms with van der Waals surface area (Å²) in [6.45, 7) is 2.84. The number of carbonyl (C=O) groups is 1. The molecular weight excluding hydrogens is 204 g/mol. The highest BCUT2D eigenvalue weighted by molar-refractivity contribution is 5.94. The first-order valence-corrected chi connectivity index (χ1v) is 5.75. The number of likely N-dealkylation sites (tertiary alicyclic amines) is 1. The summed E-state index contributed by atoms with van der Waals surface area (Å²) < 4.78 is 1.67. The summed E-state index contributed by atoms with van der Waals surface area (Å²) in [4.78, 5) is 14.1. The van der Waals surface area contributed by atoms with Crippen molar-refractivity contribution in [3.8, 4) is 0 Å². The molecule has 3 rings (SSSR count). The number of fused-ring (bicyclic) bond motifs is 1. The van der Waals surface area contributed by atoms with Gasteiger partial charge in [-0.15, -0.1) is 0 Å². The van der Waals surface area contributed by atoms with E-state index in [2.05, 4.69) is 10.4 Å². The summed E-state index contributed by atoms with van der Waals surface area (Å²) in [6, 6.07) is 0.514. The van der Waals surface area contributed by atoms with Crippen LogP contribution in [0, 0.1) is 5.92 Å². The van der Waals surface area contributed by atoms with E-state index in [0.29, 0.717) is 17.5 Å². The number of carbonyl (C=O) groups excluding carboxylic acids is 1. The Bertz CT molecular complexity index is 402. The summed E-state index contributed by atoms with van der Waals surface area (Å²) in [7, 11) is 1.83. The lowest BCUT2D eigenvalue weighted by Crippen LogP contribution is -2.33. The standard InChI is InChI=1S/C11H16N4O/c1-14-5-9(4-13-14)11(16)15-6-8-2-3-12-10(8)7-15/h4-5,8,10,12H,2-3,6-7H2,1H3/t8-,10+/m0/s1. The summed E-state index contributed by atoms with van der Waals surface area (Å²) >= 11 is 0. The van der Waals surface area contributed by atoms with E-state index in [9.17, 15) is 4.79 Å². The fourth-order valence-electron chi connectivity index (χ4n) is 2.73. The first-order chi connectivity index (χ1) is 7.74. The maximum Gasteiger partial charge on any atom is 0.257 e. The van der Waals surface area contributed by atoms with Crippen molar-refractivity contribution in [1.82, 2.24) is 20.0 Å². The maximum absolute atomic E-state index is 12.1. The number of amides is 1. The number of hydrogen-bond acceptors (Lipinski definition) is 3. The van der Waals surface area contributed by atoms with E-state index < -0.39 is 0 Å². The largest absolute Gasteiger partial charge is 0.337 e. The highest BCUT2D eigenvalue weighted by Gasteiger charge is 2.38. The van der Waals surface area contributed by atoms with Crippen molar-refractivity contribution in [2.75, 3.05) is 19.6 Å². The molecule has 5 nitrogen and oxygen atoms in total. The first kappa shape index (κ1) is 9.84. The topological polar surface area (TPSA) is 50.2 Å². The van der Waals surface area contributed by atoms with Gasteiger partial charge in [-0.05, 0) is 18.9 Å². The second-order valence-corrected chi connectivity index (χ2v) is 4.72. The molecule has 1 N–H and O–H groups in total. The van der Waals surface area contributed by atoms with E-state index in [1.165, 1.54) is 6.42 Å². The van der Waals surface area contributed by atoms with E-state index in [1.807, 2.05) is 11.9 Å². The highest BCUT2D eigenvalue weighted by Crippen LogP contribution is 2.25. The van der Waals surface area contributed by atoms with Gasteiger partial charge in [0.05, 0.1) is 11.8 Å². The molecule has 0 aromatic carbocycles. The van der Waals surface area contributed by atoms with E-state index >= 15 is 0 Å². The average molecular weight is 220 g/mol. The van der Waals surface area contributed by atoms with Gasteiger partial charge in [0.25, 0.3) is 5.91 Å². The van der Waals surface area contributed by atoms with Crippen molar-refractivity contribution >= 4 is 5.91 Å². The lowest BCUT2D eigenvalue weighted by molar-refractivity contribution is 0.0782. The molecule has 2 atom stereocenters. The van der Waals surface area contributed by atoms with Crippen LogP contribution in [0.5, 0.6) is 0 Å². The van der Waals surface area contributed by atoms with E-state index in [4.69, 9.17) is 0 Å². The highest BCUT2D eigenvalue weighted by atomic mass is 16.2. The molecule has 0 spiro atoms. The van der Waals surface area contributed by atoms with E-state index in [0.717, 1.165) is 19.6 Å². The van der Waals surface area contributed by atoms with Crippen molar-refractivity contribution < 1.29 is 4.79 Å². The van der Waals surface area contributed by atoms with E-state index in [-0.39, 0.29) is 5.91 Å². The predicted molar refractivity (Wildman–Crippen MR) is 59.0 cm³/mol. The molecule has 16 heavy (non-hydrogen) atoms. The Labute approximate surface area is 94.4 Å². The Morgan fingerprint density at radius 1 is 1.56 bits per heavy atom. The molecule has 1 aromatic heterocycles. The van der Waals surface area contributed by atoms with Crippen LogP contribution in [-0.2, 0) is 7.05 Å². The number of nitrogens with one attached hydrogen (secondary N) is 1. The summed E-state index contributed by atoms with van der Waals surface area (Å²) in [5, 5.41) is 7.48. The van der Waals surface area contributed by atoms with Crippen LogP contribution >= 0.6 is 0 Å². The minimum absolute atomic E-state index is 0.115. The molecule has 2 aliphatic heterocycles. The molecule has 1 amide bonds. The molecule has 2 fully saturated rings. The Morgan fingerprint density at radius 3 is 3.12 bits per heavy atom. The Balaban J connectivity index is 1.73. The number of aryl methyl sites for hydroxylation is 1. The number of aromatic nitrogens is 2. The summed E-state index contributed by atoms with van der Waals surface area (Å²) in [5.74, 6) is 0.768. The van der Waals surface area contributed by atoms with Crippen LogP contribution in [-0.4, -0.2) is 46.3 Å². The van der Waals surface area contributed by atoms with Gasteiger partial charge in [-0.1, -0.05) is 0 Å². The second kappa shape index (κ2) is 3.59. The Kier molecular flexibility index (Phi) is 2.21. The molecule has 0 aliphatic carbocycles. The van der Waals surface area contributed by atoms with Crippen molar-refractivity contribution in [3.05, 3.63) is 18.0 Å². The molecule has 1 aromatic rings. The van der Waals surface area contributed by atoms with Crippen molar-refractivity contribution in [2.45, 2.75) is 12.5 Å². The molecular formula is C11H16N4O. The number of rotatable bonds is 1. The van der Waals surface area contributed by atoms with Gasteiger partial charge in [-0.25, -0.2) is 0 Å². The third-order valence-corrected chi connectivity index (χ3v) is 3.60. The van der Waals surface area contributed by atoms with Crippen LogP contribution in [0.3, 0.4) is 0 Å². The van der Waals surface area contributed by atoms with E-state index in [1.54, 1.807) is 17.1 Å². The molecule has 0 radical (unpaired) electrons. The minimum atomic E-state index is 0.115. The lowest BCUT2D eigenvalue weighted by Gasteiger charge is -2.16. The van der Waals surface area contributed by atoms with Crippen molar-refractivity contribution in [2.24, 2.45) is 13.0 Å². The smallest absolute Gasteiger partial charge is 0.257 e. The van der Waals surface area contributed by atoms with Gasteiger partial charge in [0.2, 0.25) is 0 Å². The first-order valence-electron chi connectivity index (χ1n) is 5.75. The van der Waals surface area contributed by atoms with Crippen LogP contribution in [0.4, 0.5) is 0 Å². The SMILES string of the molecule is Cn1cc(C(=O)N2C[C@@H]3CCN[C@@H]3C2)cn1. The summed E-state index contributed by atoms with van der Waals surface area (Å²) in [6.07, 6.45) is 4.62. The normalized spacial score (nSPS) is 28.4. The van der Waals surface area contributed by atoms with Gasteiger partial charge in [0.1, 0.15) is 0 Å². The monoisotopic (exact) mass is 220 g/mol. The maximum atomic E-state index is 12.1. The van der Waals surface area contributed by atoms with Gasteiger partial charge >= 0.3 is 0 Å². The molecule has 2 saturated heterocycles. The van der Waals surface area contributed by atoms with Gasteiger partial charge < -0.3 is 10.2 Å². The van der Waals surface area contributed by atoms with Crippen LogP contribution < -0.4 is 5.32 Å². The lowest BCUT2D eigenvalue weighted by atomic mass is 10.1. The quantitative estimate of drug-likeness (QED) is 0.716. The average Bonchev–Trinajstić information content (AvgIpc) is 2.89. The zero-order valence-electron chi connectivity index (χ0n) is 9.39. The fraction of sp³-hybridized carbons (Fsp3) is 0.636. The summed E-state index contributed by atoms with van der Waals surface area (Å²) in [5.41, 5.74) is 0.697. The van der Waals surface area contributed by atoms with Crippen molar-refractivity contribution in [3.63, 3.8) is 0 Å². The molecule has 3 heterocycles. The Morgan fingerprint density at radius 2 is 2.44 bits per heavy atom. The van der Waals surface area contributed by atoms with Crippen LogP contribution in [0.1, 0.15) is 16.8 Å². The molecule has 0 saturated carbocycles. The third-order valence-electron chi connectivity index (χ3n) is 3.60. The fourth-order valence-corrected chi connectivity index (χ4v) is 2.73. The molecule has 0 bridgehead atoms. The van der Waals surface area contributed by atoms with Gasteiger partial charge in [0, 0.05) is 32.4 Å². The predicted octanol–water partition coefficient (Wildman–Crippen LogP) is -0.146. The number of hydrogen-bond donors (Lipinski definition) is 1. The molecule has 0 unspecified atom stereocenters. The van der Waals surface area contributed by atoms with Gasteiger partial charge in [0.15, 0.2) is 0 Å². The van der Waals surface area contributed by atoms with Gasteiger partial charge in [-0.3, -0.25) is 9.48 Å². The molecule has 2 aliphatic rings. The number of nitrogens with zero attached hydrogens (tertiary/aromatic N) is 3. The van der Waals surface area contributed by atoms with Gasteiger partial charge in [-0.2, -0.15) is 5.10 Å².